The Morgan fingerprint density at radius 2 is 2.32 bits per heavy atom. The Hall–Kier alpha value is -1.57. The van der Waals surface area contributed by atoms with Crippen molar-refractivity contribution < 1.29 is 4.74 Å². The number of methoxy groups -OCH3 is 1. The summed E-state index contributed by atoms with van der Waals surface area (Å²) in [6.45, 7) is 4.82. The molecule has 2 unspecified atom stereocenters. The van der Waals surface area contributed by atoms with E-state index >= 15 is 0 Å². The predicted octanol–water partition coefficient (Wildman–Crippen LogP) is 1.74. The summed E-state index contributed by atoms with van der Waals surface area (Å²) in [5.74, 6) is 1.43. The van der Waals surface area contributed by atoms with Crippen LogP contribution in [-0.2, 0) is 6.54 Å². The lowest BCUT2D eigenvalue weighted by molar-refractivity contribution is 0.251. The average Bonchev–Trinajstić information content (AvgIpc) is 2.79. The van der Waals surface area contributed by atoms with E-state index in [-0.39, 0.29) is 0 Å². The molecule has 0 radical (unpaired) electrons. The minimum absolute atomic E-state index is 0.531. The van der Waals surface area contributed by atoms with Gasteiger partial charge in [0, 0.05) is 24.7 Å². The summed E-state index contributed by atoms with van der Waals surface area (Å²) < 4.78 is 5.38. The first kappa shape index (κ1) is 13.9. The summed E-state index contributed by atoms with van der Waals surface area (Å²) in [5, 5.41) is 9.00. The van der Waals surface area contributed by atoms with Crippen LogP contribution >= 0.6 is 0 Å². The van der Waals surface area contributed by atoms with Gasteiger partial charge in [-0.05, 0) is 44.0 Å². The van der Waals surface area contributed by atoms with Gasteiger partial charge >= 0.3 is 0 Å². The van der Waals surface area contributed by atoms with Gasteiger partial charge in [-0.15, -0.1) is 0 Å². The molecule has 0 spiro atoms. The normalized spacial score (nSPS) is 23.3. The number of nitriles is 1. The van der Waals surface area contributed by atoms with Crippen molar-refractivity contribution in [2.75, 3.05) is 20.2 Å². The van der Waals surface area contributed by atoms with Crippen molar-refractivity contribution in [2.24, 2.45) is 11.7 Å². The van der Waals surface area contributed by atoms with Crippen LogP contribution in [0.3, 0.4) is 0 Å². The Morgan fingerprint density at radius 1 is 1.53 bits per heavy atom. The predicted molar refractivity (Wildman–Crippen MR) is 74.7 cm³/mol. The second-order valence-corrected chi connectivity index (χ2v) is 5.25. The zero-order chi connectivity index (χ0) is 13.8. The maximum Gasteiger partial charge on any atom is 0.123 e. The molecule has 2 rings (SSSR count). The molecule has 102 valence electrons. The topological polar surface area (TPSA) is 62.3 Å². The maximum absolute atomic E-state index is 9.00. The highest BCUT2D eigenvalue weighted by Gasteiger charge is 2.28. The summed E-state index contributed by atoms with van der Waals surface area (Å²) in [6, 6.07) is 8.29. The summed E-state index contributed by atoms with van der Waals surface area (Å²) in [4.78, 5) is 2.41. The van der Waals surface area contributed by atoms with Gasteiger partial charge in [0.05, 0.1) is 18.7 Å². The summed E-state index contributed by atoms with van der Waals surface area (Å²) >= 11 is 0. The highest BCUT2D eigenvalue weighted by atomic mass is 16.5. The van der Waals surface area contributed by atoms with Gasteiger partial charge in [0.25, 0.3) is 0 Å². The quantitative estimate of drug-likeness (QED) is 0.894. The fourth-order valence-corrected chi connectivity index (χ4v) is 2.80. The number of hydrogen-bond donors (Lipinski definition) is 1. The van der Waals surface area contributed by atoms with E-state index in [0.29, 0.717) is 17.5 Å². The van der Waals surface area contributed by atoms with Gasteiger partial charge in [-0.3, -0.25) is 4.90 Å². The first-order valence-electron chi connectivity index (χ1n) is 6.69. The van der Waals surface area contributed by atoms with Crippen LogP contribution in [0, 0.1) is 17.2 Å². The molecule has 1 saturated heterocycles. The zero-order valence-corrected chi connectivity index (χ0v) is 11.6. The lowest BCUT2D eigenvalue weighted by Gasteiger charge is -2.22. The smallest absolute Gasteiger partial charge is 0.123 e. The monoisotopic (exact) mass is 259 g/mol. The molecule has 1 aromatic carbocycles. The number of nitrogens with zero attached hydrogens (tertiary/aromatic N) is 2. The average molecular weight is 259 g/mol. The molecule has 0 bridgehead atoms. The van der Waals surface area contributed by atoms with Crippen LogP contribution in [0.4, 0.5) is 0 Å². The highest BCUT2D eigenvalue weighted by molar-refractivity contribution is 5.42. The van der Waals surface area contributed by atoms with Crippen molar-refractivity contribution in [1.82, 2.24) is 4.90 Å². The van der Waals surface area contributed by atoms with Gasteiger partial charge in [0.2, 0.25) is 0 Å². The molecule has 0 saturated carbocycles. The molecule has 2 atom stereocenters. The summed E-state index contributed by atoms with van der Waals surface area (Å²) in [6.07, 6.45) is 1.15. The van der Waals surface area contributed by atoms with E-state index in [1.165, 1.54) is 0 Å². The fraction of sp³-hybridized carbons (Fsp3) is 0.533. The molecule has 19 heavy (non-hydrogen) atoms. The molecule has 4 heteroatoms. The lowest BCUT2D eigenvalue weighted by Crippen LogP contribution is -2.27. The number of nitrogens with two attached hydrogens (primary N) is 1. The first-order chi connectivity index (χ1) is 9.17. The SMILES string of the molecule is COc1ccc(C#N)cc1CN1CC(CN)CC1C. The van der Waals surface area contributed by atoms with Crippen molar-refractivity contribution >= 4 is 0 Å². The molecular formula is C15H21N3O. The van der Waals surface area contributed by atoms with Crippen LogP contribution in [0.15, 0.2) is 18.2 Å². The molecule has 2 N–H and O–H groups in total. The minimum Gasteiger partial charge on any atom is -0.496 e. The Balaban J connectivity index is 2.16. The van der Waals surface area contributed by atoms with Crippen LogP contribution in [0.1, 0.15) is 24.5 Å². The Morgan fingerprint density at radius 3 is 2.89 bits per heavy atom. The zero-order valence-electron chi connectivity index (χ0n) is 11.6. The minimum atomic E-state index is 0.531. The largest absolute Gasteiger partial charge is 0.496 e. The van der Waals surface area contributed by atoms with Crippen LogP contribution in [0.2, 0.25) is 0 Å². The fourth-order valence-electron chi connectivity index (χ4n) is 2.80. The van der Waals surface area contributed by atoms with E-state index in [4.69, 9.17) is 15.7 Å². The van der Waals surface area contributed by atoms with Crippen LogP contribution < -0.4 is 10.5 Å². The van der Waals surface area contributed by atoms with Crippen LogP contribution in [-0.4, -0.2) is 31.1 Å². The lowest BCUT2D eigenvalue weighted by atomic mass is 10.1. The highest BCUT2D eigenvalue weighted by Crippen LogP contribution is 2.27. The molecule has 1 aromatic rings. The van der Waals surface area contributed by atoms with Gasteiger partial charge in [0.1, 0.15) is 5.75 Å². The maximum atomic E-state index is 9.00. The van der Waals surface area contributed by atoms with Gasteiger partial charge in [-0.2, -0.15) is 5.26 Å². The Bertz CT molecular complexity index is 481. The molecular weight excluding hydrogens is 238 g/mol. The van der Waals surface area contributed by atoms with Crippen molar-refractivity contribution in [3.63, 3.8) is 0 Å². The number of benzene rings is 1. The standard InChI is InChI=1S/C15H21N3O/c1-11-5-13(8-17)9-18(11)10-14-6-12(7-16)3-4-15(14)19-2/h3-4,6,11,13H,5,8-10,17H2,1-2H3. The Kier molecular flexibility index (Phi) is 4.41. The third kappa shape index (κ3) is 3.06. The van der Waals surface area contributed by atoms with E-state index < -0.39 is 0 Å². The second-order valence-electron chi connectivity index (χ2n) is 5.25. The van der Waals surface area contributed by atoms with Crippen molar-refractivity contribution in [1.29, 1.82) is 5.26 Å². The Labute approximate surface area is 114 Å². The van der Waals surface area contributed by atoms with E-state index in [1.54, 1.807) is 13.2 Å². The van der Waals surface area contributed by atoms with Crippen LogP contribution in [0.5, 0.6) is 5.75 Å². The summed E-state index contributed by atoms with van der Waals surface area (Å²) in [7, 11) is 1.67. The molecule has 1 fully saturated rings. The van der Waals surface area contributed by atoms with Crippen LogP contribution in [0.25, 0.3) is 0 Å². The number of rotatable bonds is 4. The number of ether oxygens (including phenoxy) is 1. The third-order valence-corrected chi connectivity index (χ3v) is 3.91. The molecule has 1 heterocycles. The summed E-state index contributed by atoms with van der Waals surface area (Å²) in [5.41, 5.74) is 7.51. The first-order valence-corrected chi connectivity index (χ1v) is 6.69. The van der Waals surface area contributed by atoms with Gasteiger partial charge in [-0.1, -0.05) is 0 Å². The molecule has 0 aliphatic carbocycles. The van der Waals surface area contributed by atoms with Crippen molar-refractivity contribution in [3.8, 4) is 11.8 Å². The molecule has 0 amide bonds. The van der Waals surface area contributed by atoms with E-state index in [1.807, 2.05) is 12.1 Å². The number of hydrogen-bond acceptors (Lipinski definition) is 4. The van der Waals surface area contributed by atoms with Crippen molar-refractivity contribution in [3.05, 3.63) is 29.3 Å². The third-order valence-electron chi connectivity index (χ3n) is 3.91. The molecule has 1 aliphatic rings. The molecule has 4 nitrogen and oxygen atoms in total. The van der Waals surface area contributed by atoms with E-state index in [2.05, 4.69) is 17.9 Å². The van der Waals surface area contributed by atoms with Gasteiger partial charge in [0.15, 0.2) is 0 Å². The van der Waals surface area contributed by atoms with E-state index in [0.717, 1.165) is 37.4 Å². The second kappa shape index (κ2) is 6.05. The number of likely N-dealkylation sites (tertiary alicyclic amines) is 1. The molecule has 0 aromatic heterocycles. The van der Waals surface area contributed by atoms with Crippen molar-refractivity contribution in [2.45, 2.75) is 25.9 Å². The van der Waals surface area contributed by atoms with Gasteiger partial charge in [-0.25, -0.2) is 0 Å². The van der Waals surface area contributed by atoms with Gasteiger partial charge < -0.3 is 10.5 Å². The van der Waals surface area contributed by atoms with E-state index in [9.17, 15) is 0 Å². The molecule has 1 aliphatic heterocycles.